The molecule has 1 heterocycles. The van der Waals surface area contributed by atoms with E-state index < -0.39 is 5.97 Å². The molecular weight excluding hydrogens is 358 g/mol. The fraction of sp³-hybridized carbons (Fsp3) is 0.286. The van der Waals surface area contributed by atoms with Gasteiger partial charge >= 0.3 is 12.0 Å². The zero-order valence-corrected chi connectivity index (χ0v) is 15.4. The van der Waals surface area contributed by atoms with Crippen LogP contribution in [0.3, 0.4) is 0 Å². The molecule has 2 aromatic rings. The Morgan fingerprint density at radius 2 is 1.57 bits per heavy atom. The van der Waals surface area contributed by atoms with Crippen molar-refractivity contribution in [3.63, 3.8) is 0 Å². The number of nitrogens with zero attached hydrogens (tertiary/aromatic N) is 1. The molecule has 28 heavy (non-hydrogen) atoms. The van der Waals surface area contributed by atoms with Crippen LogP contribution < -0.4 is 10.6 Å². The van der Waals surface area contributed by atoms with Gasteiger partial charge in [0.15, 0.2) is 0 Å². The Bertz CT molecular complexity index is 828. The van der Waals surface area contributed by atoms with Gasteiger partial charge in [0.1, 0.15) is 0 Å². The SMILES string of the molecule is O=C(NCc1ccc(C(=O)O)cc1)NC1CCN(C(=O)c2ccccc2)CC1. The Balaban J connectivity index is 1.41. The molecule has 0 spiro atoms. The number of nitrogens with one attached hydrogen (secondary N) is 2. The van der Waals surface area contributed by atoms with E-state index in [4.69, 9.17) is 5.11 Å². The molecule has 7 nitrogen and oxygen atoms in total. The highest BCUT2D eigenvalue weighted by Crippen LogP contribution is 2.14. The van der Waals surface area contributed by atoms with Crippen LogP contribution in [0.25, 0.3) is 0 Å². The van der Waals surface area contributed by atoms with E-state index in [0.29, 0.717) is 38.0 Å². The van der Waals surface area contributed by atoms with Crippen molar-refractivity contribution >= 4 is 17.9 Å². The van der Waals surface area contributed by atoms with Crippen molar-refractivity contribution < 1.29 is 19.5 Å². The first-order chi connectivity index (χ1) is 13.5. The molecule has 0 saturated carbocycles. The first-order valence-electron chi connectivity index (χ1n) is 9.24. The lowest BCUT2D eigenvalue weighted by atomic mass is 10.0. The molecule has 1 aliphatic heterocycles. The van der Waals surface area contributed by atoms with Gasteiger partial charge in [-0.15, -0.1) is 0 Å². The van der Waals surface area contributed by atoms with Crippen molar-refractivity contribution in [1.82, 2.24) is 15.5 Å². The van der Waals surface area contributed by atoms with E-state index in [0.717, 1.165) is 5.56 Å². The van der Waals surface area contributed by atoms with Gasteiger partial charge in [-0.05, 0) is 42.7 Å². The van der Waals surface area contributed by atoms with E-state index in [1.54, 1.807) is 12.1 Å². The summed E-state index contributed by atoms with van der Waals surface area (Å²) in [4.78, 5) is 37.2. The Kier molecular flexibility index (Phi) is 6.26. The first-order valence-corrected chi connectivity index (χ1v) is 9.24. The molecule has 1 fully saturated rings. The Hall–Kier alpha value is -3.35. The average Bonchev–Trinajstić information content (AvgIpc) is 2.73. The minimum absolute atomic E-state index is 0.0216. The van der Waals surface area contributed by atoms with Crippen LogP contribution in [-0.4, -0.2) is 47.0 Å². The summed E-state index contributed by atoms with van der Waals surface area (Å²) in [6.07, 6.45) is 1.42. The minimum atomic E-state index is -0.977. The summed E-state index contributed by atoms with van der Waals surface area (Å²) in [5, 5.41) is 14.6. The second kappa shape index (κ2) is 9.03. The molecule has 0 aliphatic carbocycles. The van der Waals surface area contributed by atoms with Crippen molar-refractivity contribution in [3.05, 3.63) is 71.3 Å². The van der Waals surface area contributed by atoms with Crippen LogP contribution in [0.1, 0.15) is 39.1 Å². The Morgan fingerprint density at radius 3 is 2.18 bits per heavy atom. The van der Waals surface area contributed by atoms with Crippen LogP contribution in [0.5, 0.6) is 0 Å². The van der Waals surface area contributed by atoms with Crippen molar-refractivity contribution in [2.24, 2.45) is 0 Å². The van der Waals surface area contributed by atoms with Gasteiger partial charge in [0.25, 0.3) is 5.91 Å². The second-order valence-corrected chi connectivity index (χ2v) is 6.76. The van der Waals surface area contributed by atoms with E-state index >= 15 is 0 Å². The van der Waals surface area contributed by atoms with Crippen LogP contribution in [0, 0.1) is 0 Å². The molecular formula is C21H23N3O4. The number of benzene rings is 2. The number of carboxylic acid groups (broad SMARTS) is 1. The van der Waals surface area contributed by atoms with Crippen LogP contribution in [-0.2, 0) is 6.54 Å². The number of carbonyl (C=O) groups is 3. The monoisotopic (exact) mass is 381 g/mol. The summed E-state index contributed by atoms with van der Waals surface area (Å²) in [6, 6.07) is 15.3. The normalized spacial score (nSPS) is 14.4. The highest BCUT2D eigenvalue weighted by Gasteiger charge is 2.24. The van der Waals surface area contributed by atoms with Gasteiger partial charge in [-0.25, -0.2) is 9.59 Å². The Morgan fingerprint density at radius 1 is 0.929 bits per heavy atom. The summed E-state index contributed by atoms with van der Waals surface area (Å²) >= 11 is 0. The number of likely N-dealkylation sites (tertiary alicyclic amines) is 1. The van der Waals surface area contributed by atoms with Crippen LogP contribution >= 0.6 is 0 Å². The third kappa shape index (κ3) is 5.09. The second-order valence-electron chi connectivity index (χ2n) is 6.76. The molecule has 1 aliphatic rings. The predicted octanol–water partition coefficient (Wildman–Crippen LogP) is 2.49. The van der Waals surface area contributed by atoms with Crippen molar-refractivity contribution in [2.45, 2.75) is 25.4 Å². The van der Waals surface area contributed by atoms with Crippen molar-refractivity contribution in [2.75, 3.05) is 13.1 Å². The lowest BCUT2D eigenvalue weighted by molar-refractivity contribution is 0.0691. The molecule has 2 aromatic carbocycles. The number of rotatable bonds is 5. The zero-order chi connectivity index (χ0) is 19.9. The lowest BCUT2D eigenvalue weighted by Crippen LogP contribution is -2.49. The van der Waals surface area contributed by atoms with Crippen LogP contribution in [0.2, 0.25) is 0 Å². The maximum atomic E-state index is 12.4. The maximum absolute atomic E-state index is 12.4. The van der Waals surface area contributed by atoms with Crippen LogP contribution in [0.15, 0.2) is 54.6 Å². The van der Waals surface area contributed by atoms with E-state index in [-0.39, 0.29) is 23.5 Å². The fourth-order valence-corrected chi connectivity index (χ4v) is 3.17. The number of carbonyl (C=O) groups excluding carboxylic acids is 2. The highest BCUT2D eigenvalue weighted by atomic mass is 16.4. The third-order valence-corrected chi connectivity index (χ3v) is 4.79. The molecule has 0 atom stereocenters. The molecule has 1 saturated heterocycles. The minimum Gasteiger partial charge on any atom is -0.478 e. The molecule has 0 radical (unpaired) electrons. The van der Waals surface area contributed by atoms with E-state index in [1.165, 1.54) is 12.1 Å². The number of urea groups is 1. The number of hydrogen-bond donors (Lipinski definition) is 3. The molecule has 0 unspecified atom stereocenters. The van der Waals surface area contributed by atoms with Gasteiger partial charge in [-0.3, -0.25) is 4.79 Å². The smallest absolute Gasteiger partial charge is 0.335 e. The standard InChI is InChI=1S/C21H23N3O4/c25-19(16-4-2-1-3-5-16)24-12-10-18(11-13-24)23-21(28)22-14-15-6-8-17(9-7-15)20(26)27/h1-9,18H,10-14H2,(H,26,27)(H2,22,23,28). The molecule has 3 amide bonds. The topological polar surface area (TPSA) is 98.7 Å². The molecule has 0 bridgehead atoms. The van der Waals surface area contributed by atoms with Gasteiger partial charge in [0.2, 0.25) is 0 Å². The number of piperidine rings is 1. The molecule has 0 aromatic heterocycles. The third-order valence-electron chi connectivity index (χ3n) is 4.79. The zero-order valence-electron chi connectivity index (χ0n) is 15.4. The average molecular weight is 381 g/mol. The summed E-state index contributed by atoms with van der Waals surface area (Å²) in [6.45, 7) is 1.53. The maximum Gasteiger partial charge on any atom is 0.335 e. The predicted molar refractivity (Wildman–Crippen MR) is 104 cm³/mol. The van der Waals surface area contributed by atoms with Gasteiger partial charge in [0, 0.05) is 31.2 Å². The van der Waals surface area contributed by atoms with Crippen molar-refractivity contribution in [1.29, 1.82) is 0 Å². The number of carboxylic acids is 1. The summed E-state index contributed by atoms with van der Waals surface area (Å²) in [5.74, 6) is -0.956. The quantitative estimate of drug-likeness (QED) is 0.741. The molecule has 3 N–H and O–H groups in total. The number of amides is 3. The van der Waals surface area contributed by atoms with E-state index in [2.05, 4.69) is 10.6 Å². The molecule has 3 rings (SSSR count). The summed E-state index contributed by atoms with van der Waals surface area (Å²) in [7, 11) is 0. The van der Waals surface area contributed by atoms with E-state index in [1.807, 2.05) is 35.2 Å². The van der Waals surface area contributed by atoms with E-state index in [9.17, 15) is 14.4 Å². The summed E-state index contributed by atoms with van der Waals surface area (Å²) < 4.78 is 0. The van der Waals surface area contributed by atoms with Crippen molar-refractivity contribution in [3.8, 4) is 0 Å². The highest BCUT2D eigenvalue weighted by molar-refractivity contribution is 5.94. The summed E-state index contributed by atoms with van der Waals surface area (Å²) in [5.41, 5.74) is 1.72. The number of hydrogen-bond acceptors (Lipinski definition) is 3. The molecule has 7 heteroatoms. The first kappa shape index (κ1) is 19.4. The number of aromatic carboxylic acids is 1. The Labute approximate surface area is 163 Å². The largest absolute Gasteiger partial charge is 0.478 e. The van der Waals surface area contributed by atoms with Gasteiger partial charge in [0.05, 0.1) is 5.56 Å². The lowest BCUT2D eigenvalue weighted by Gasteiger charge is -2.32. The fourth-order valence-electron chi connectivity index (χ4n) is 3.17. The van der Waals surface area contributed by atoms with Gasteiger partial charge < -0.3 is 20.6 Å². The molecule has 146 valence electrons. The van der Waals surface area contributed by atoms with Gasteiger partial charge in [-0.1, -0.05) is 30.3 Å². The van der Waals surface area contributed by atoms with Gasteiger partial charge in [-0.2, -0.15) is 0 Å². The van der Waals surface area contributed by atoms with Crippen LogP contribution in [0.4, 0.5) is 4.79 Å².